The van der Waals surface area contributed by atoms with Crippen molar-refractivity contribution in [2.24, 2.45) is 5.92 Å². The van der Waals surface area contributed by atoms with Crippen molar-refractivity contribution >= 4 is 23.3 Å². The largest absolute Gasteiger partial charge is 0.481 e. The van der Waals surface area contributed by atoms with Gasteiger partial charge in [0.05, 0.1) is 0 Å². The van der Waals surface area contributed by atoms with Gasteiger partial charge in [0.2, 0.25) is 5.91 Å². The minimum atomic E-state index is -1.04. The minimum absolute atomic E-state index is 0.321. The van der Waals surface area contributed by atoms with Crippen LogP contribution in [0.15, 0.2) is 24.3 Å². The molecule has 5 heteroatoms. The fourth-order valence-corrected chi connectivity index (χ4v) is 2.10. The number of nitrogens with zero attached hydrogens (tertiary/aromatic N) is 2. The Bertz CT molecular complexity index is 485. The van der Waals surface area contributed by atoms with Crippen molar-refractivity contribution in [3.05, 3.63) is 24.3 Å². The van der Waals surface area contributed by atoms with E-state index in [1.165, 1.54) is 0 Å². The molecule has 0 bridgehead atoms. The van der Waals surface area contributed by atoms with Crippen LogP contribution in [0.1, 0.15) is 6.42 Å². The summed E-state index contributed by atoms with van der Waals surface area (Å²) >= 11 is 0. The number of benzene rings is 1. The molecule has 2 rings (SSSR count). The van der Waals surface area contributed by atoms with Gasteiger partial charge in [-0.05, 0) is 24.6 Å². The number of carbonyl (C=O) groups is 2. The predicted molar refractivity (Wildman–Crippen MR) is 68.9 cm³/mol. The lowest BCUT2D eigenvalue weighted by Crippen LogP contribution is -2.30. The number of hydrogen-bond acceptors (Lipinski definition) is 3. The second-order valence-electron chi connectivity index (χ2n) is 4.58. The molecule has 18 heavy (non-hydrogen) atoms. The van der Waals surface area contributed by atoms with Gasteiger partial charge in [0.15, 0.2) is 0 Å². The van der Waals surface area contributed by atoms with E-state index in [4.69, 9.17) is 5.11 Å². The van der Waals surface area contributed by atoms with Gasteiger partial charge in [-0.2, -0.15) is 0 Å². The molecule has 1 aromatic rings. The van der Waals surface area contributed by atoms with Crippen molar-refractivity contribution in [2.75, 3.05) is 30.4 Å². The summed E-state index contributed by atoms with van der Waals surface area (Å²) < 4.78 is 0. The molecule has 0 radical (unpaired) electrons. The van der Waals surface area contributed by atoms with E-state index in [1.807, 2.05) is 43.3 Å². The van der Waals surface area contributed by atoms with Gasteiger partial charge in [-0.15, -0.1) is 0 Å². The fraction of sp³-hybridized carbons (Fsp3) is 0.385. The summed E-state index contributed by atoms with van der Waals surface area (Å²) in [6.45, 7) is 0.465. The molecule has 1 N–H and O–H groups in total. The van der Waals surface area contributed by atoms with Crippen molar-refractivity contribution in [2.45, 2.75) is 6.42 Å². The summed E-state index contributed by atoms with van der Waals surface area (Å²) in [7, 11) is 3.84. The van der Waals surface area contributed by atoms with Gasteiger partial charge in [-0.1, -0.05) is 6.07 Å². The van der Waals surface area contributed by atoms with Gasteiger partial charge in [0.25, 0.3) is 0 Å². The van der Waals surface area contributed by atoms with Crippen LogP contribution >= 0.6 is 0 Å². The number of rotatable bonds is 3. The van der Waals surface area contributed by atoms with E-state index in [0.29, 0.717) is 13.0 Å². The number of hydrogen-bond donors (Lipinski definition) is 1. The molecule has 1 heterocycles. The highest BCUT2D eigenvalue weighted by Gasteiger charge is 2.37. The average Bonchev–Trinajstić information content (AvgIpc) is 2.71. The van der Waals surface area contributed by atoms with E-state index < -0.39 is 11.9 Å². The Morgan fingerprint density at radius 1 is 1.44 bits per heavy atom. The van der Waals surface area contributed by atoms with Gasteiger partial charge < -0.3 is 14.9 Å². The Balaban J connectivity index is 2.25. The predicted octanol–water partition coefficient (Wildman–Crippen LogP) is 1.19. The van der Waals surface area contributed by atoms with Crippen molar-refractivity contribution in [3.8, 4) is 0 Å². The lowest BCUT2D eigenvalue weighted by atomic mass is 10.1. The highest BCUT2D eigenvalue weighted by Crippen LogP contribution is 2.28. The van der Waals surface area contributed by atoms with Crippen LogP contribution in [-0.2, 0) is 9.59 Å². The van der Waals surface area contributed by atoms with Crippen LogP contribution in [0.4, 0.5) is 11.4 Å². The van der Waals surface area contributed by atoms with E-state index in [1.54, 1.807) is 4.90 Å². The standard InChI is InChI=1S/C13H16N2O3/c1-14(2)9-4-3-5-10(8-9)15-7-6-11(12(15)16)13(17)18/h3-5,8,11H,6-7H2,1-2H3,(H,17,18). The van der Waals surface area contributed by atoms with E-state index in [0.717, 1.165) is 11.4 Å². The molecule has 1 aromatic carbocycles. The molecule has 1 aliphatic heterocycles. The molecular weight excluding hydrogens is 232 g/mol. The van der Waals surface area contributed by atoms with Crippen LogP contribution in [0.3, 0.4) is 0 Å². The molecule has 5 nitrogen and oxygen atoms in total. The zero-order valence-corrected chi connectivity index (χ0v) is 10.5. The van der Waals surface area contributed by atoms with Crippen LogP contribution in [0, 0.1) is 5.92 Å². The number of carboxylic acids is 1. The maximum Gasteiger partial charge on any atom is 0.316 e. The smallest absolute Gasteiger partial charge is 0.316 e. The number of amides is 1. The molecule has 1 aliphatic rings. The van der Waals surface area contributed by atoms with Crippen LogP contribution in [0.2, 0.25) is 0 Å². The van der Waals surface area contributed by atoms with E-state index in [-0.39, 0.29) is 5.91 Å². The van der Waals surface area contributed by atoms with Gasteiger partial charge in [-0.25, -0.2) is 0 Å². The average molecular weight is 248 g/mol. The second kappa shape index (κ2) is 4.68. The number of anilines is 2. The van der Waals surface area contributed by atoms with Crippen LogP contribution in [-0.4, -0.2) is 37.6 Å². The molecule has 0 spiro atoms. The van der Waals surface area contributed by atoms with Crippen molar-refractivity contribution in [1.82, 2.24) is 0 Å². The molecule has 0 aromatic heterocycles. The summed E-state index contributed by atoms with van der Waals surface area (Å²) in [5.74, 6) is -2.25. The molecule has 1 fully saturated rings. The zero-order valence-electron chi connectivity index (χ0n) is 10.5. The van der Waals surface area contributed by atoms with E-state index >= 15 is 0 Å². The fourth-order valence-electron chi connectivity index (χ4n) is 2.10. The Morgan fingerprint density at radius 3 is 2.72 bits per heavy atom. The minimum Gasteiger partial charge on any atom is -0.481 e. The second-order valence-corrected chi connectivity index (χ2v) is 4.58. The molecular formula is C13H16N2O3. The summed E-state index contributed by atoms with van der Waals surface area (Å²) in [5, 5.41) is 8.94. The highest BCUT2D eigenvalue weighted by atomic mass is 16.4. The molecule has 1 atom stereocenters. The van der Waals surface area contributed by atoms with Crippen LogP contribution in [0.25, 0.3) is 0 Å². The molecule has 0 saturated carbocycles. The molecule has 1 unspecified atom stereocenters. The summed E-state index contributed by atoms with van der Waals surface area (Å²) in [6.07, 6.45) is 0.375. The SMILES string of the molecule is CN(C)c1cccc(N2CCC(C(=O)O)C2=O)c1. The maximum absolute atomic E-state index is 12.0. The normalized spacial score (nSPS) is 19.1. The lowest BCUT2D eigenvalue weighted by molar-refractivity contribution is -0.144. The third-order valence-corrected chi connectivity index (χ3v) is 3.16. The first kappa shape index (κ1) is 12.4. The first-order chi connectivity index (χ1) is 8.50. The van der Waals surface area contributed by atoms with Gasteiger partial charge in [0, 0.05) is 32.0 Å². The Morgan fingerprint density at radius 2 is 2.17 bits per heavy atom. The monoisotopic (exact) mass is 248 g/mol. The summed E-state index contributed by atoms with van der Waals surface area (Å²) in [5.41, 5.74) is 1.74. The molecule has 1 saturated heterocycles. The van der Waals surface area contributed by atoms with Crippen molar-refractivity contribution in [3.63, 3.8) is 0 Å². The quantitative estimate of drug-likeness (QED) is 0.816. The summed E-state index contributed by atoms with van der Waals surface area (Å²) in [4.78, 5) is 26.4. The van der Waals surface area contributed by atoms with Gasteiger partial charge in [-0.3, -0.25) is 9.59 Å². The van der Waals surface area contributed by atoms with Gasteiger partial charge in [0.1, 0.15) is 5.92 Å². The zero-order chi connectivity index (χ0) is 13.3. The third-order valence-electron chi connectivity index (χ3n) is 3.16. The van der Waals surface area contributed by atoms with Crippen LogP contribution < -0.4 is 9.80 Å². The molecule has 96 valence electrons. The van der Waals surface area contributed by atoms with Crippen molar-refractivity contribution in [1.29, 1.82) is 0 Å². The Kier molecular flexibility index (Phi) is 3.23. The number of carbonyl (C=O) groups excluding carboxylic acids is 1. The highest BCUT2D eigenvalue weighted by molar-refractivity contribution is 6.07. The third kappa shape index (κ3) is 2.16. The Labute approximate surface area is 106 Å². The summed E-state index contributed by atoms with van der Waals surface area (Å²) in [6, 6.07) is 7.53. The number of aliphatic carboxylic acids is 1. The lowest BCUT2D eigenvalue weighted by Gasteiger charge is -2.19. The first-order valence-corrected chi connectivity index (χ1v) is 5.82. The topological polar surface area (TPSA) is 60.9 Å². The molecule has 0 aliphatic carbocycles. The van der Waals surface area contributed by atoms with Crippen LogP contribution in [0.5, 0.6) is 0 Å². The van der Waals surface area contributed by atoms with E-state index in [9.17, 15) is 9.59 Å². The molecule has 1 amide bonds. The first-order valence-electron chi connectivity index (χ1n) is 5.82. The number of carboxylic acid groups (broad SMARTS) is 1. The van der Waals surface area contributed by atoms with E-state index in [2.05, 4.69) is 0 Å². The van der Waals surface area contributed by atoms with Crippen molar-refractivity contribution < 1.29 is 14.7 Å². The van der Waals surface area contributed by atoms with Gasteiger partial charge >= 0.3 is 5.97 Å². The maximum atomic E-state index is 12.0. The Hall–Kier alpha value is -2.04.